The maximum atomic E-state index is 13.6. The fourth-order valence-electron chi connectivity index (χ4n) is 2.29. The molecule has 0 spiro atoms. The third-order valence-corrected chi connectivity index (χ3v) is 4.77. The highest BCUT2D eigenvalue weighted by Gasteiger charge is 2.99. The van der Waals surface area contributed by atoms with Gasteiger partial charge in [-0.05, 0) is 0 Å². The van der Waals surface area contributed by atoms with Crippen LogP contribution in [0.25, 0.3) is 0 Å². The first-order valence-electron chi connectivity index (χ1n) is 8.64. The summed E-state index contributed by atoms with van der Waals surface area (Å²) in [5.74, 6) is -97.9. The van der Waals surface area contributed by atoms with Crippen molar-refractivity contribution in [1.82, 2.24) is 0 Å². The Morgan fingerprint density at radius 1 is 0.300 bits per heavy atom. The Kier molecular flexibility index (Phi) is 8.78. The smallest absolute Gasteiger partial charge is 0.199 e. The summed E-state index contributed by atoms with van der Waals surface area (Å²) < 4.78 is 329. The van der Waals surface area contributed by atoms with Crippen LogP contribution in [-0.2, 0) is 0 Å². The molecule has 0 aliphatic rings. The molecule has 0 aromatic heterocycles. The highest BCUT2D eigenvalue weighted by Crippen LogP contribution is 2.67. The molecule has 0 N–H and O–H groups in total. The van der Waals surface area contributed by atoms with Crippen molar-refractivity contribution in [3.8, 4) is 0 Å². The third kappa shape index (κ3) is 4.32. The Balaban J connectivity index is 7.32. The zero-order chi connectivity index (χ0) is 33.4. The molecule has 240 valence electrons. The monoisotopic (exact) mass is 660 g/mol. The van der Waals surface area contributed by atoms with Crippen LogP contribution >= 0.6 is 0 Å². The summed E-state index contributed by atoms with van der Waals surface area (Å²) >= 11 is 0. The van der Waals surface area contributed by atoms with Crippen LogP contribution in [0.2, 0.25) is 0 Å². The normalized spacial score (nSPS) is 16.8. The second-order valence-corrected chi connectivity index (χ2v) is 7.44. The molecular formula is C15H5F25. The van der Waals surface area contributed by atoms with Crippen molar-refractivity contribution in [3.05, 3.63) is 12.7 Å². The molecule has 25 heteroatoms. The Hall–Kier alpha value is -2.01. The van der Waals surface area contributed by atoms with Crippen LogP contribution < -0.4 is 0 Å². The van der Waals surface area contributed by atoms with E-state index in [1.54, 1.807) is 0 Å². The van der Waals surface area contributed by atoms with E-state index in [0.29, 0.717) is 0 Å². The van der Waals surface area contributed by atoms with Gasteiger partial charge in [0.05, 0.1) is 0 Å². The molecule has 0 aliphatic carbocycles. The summed E-state index contributed by atoms with van der Waals surface area (Å²) in [6.45, 7) is 2.17. The van der Waals surface area contributed by atoms with Gasteiger partial charge in [-0.2, -0.15) is 110 Å². The molecule has 0 aliphatic heterocycles. The lowest BCUT2D eigenvalue weighted by molar-refractivity contribution is -0.482. The summed E-state index contributed by atoms with van der Waals surface area (Å²) in [5.41, 5.74) is 0. The van der Waals surface area contributed by atoms with Gasteiger partial charge in [0, 0.05) is 6.42 Å². The number of halogens is 25. The minimum atomic E-state index is -9.57. The van der Waals surface area contributed by atoms with Crippen LogP contribution in [0.1, 0.15) is 6.42 Å². The molecule has 0 radical (unpaired) electrons. The van der Waals surface area contributed by atoms with E-state index >= 15 is 0 Å². The van der Waals surface area contributed by atoms with E-state index in [9.17, 15) is 110 Å². The largest absolute Gasteiger partial charge is 0.460 e. The maximum Gasteiger partial charge on any atom is 0.460 e. The zero-order valence-electron chi connectivity index (χ0n) is 17.4. The average Bonchev–Trinajstić information content (AvgIpc) is 2.71. The summed E-state index contributed by atoms with van der Waals surface area (Å²) in [6.07, 6.45) is -11.6. The summed E-state index contributed by atoms with van der Waals surface area (Å²) in [5, 5.41) is 0. The lowest BCUT2D eigenvalue weighted by Gasteiger charge is -2.45. The van der Waals surface area contributed by atoms with Gasteiger partial charge in [-0.1, -0.05) is 6.08 Å². The van der Waals surface area contributed by atoms with E-state index in [-0.39, 0.29) is 0 Å². The van der Waals surface area contributed by atoms with Gasteiger partial charge in [-0.3, -0.25) is 0 Å². The topological polar surface area (TPSA) is 0 Å². The standard InChI is InChI=1S/C15H5F25/c1-2-3-4(16,17)5(18,19)6(20,21)7(22,23)8(24,25)9(26,27)10(28,29)11(30,31)12(32,33)13(34,35)14(36,37)15(38,39)40/h2H,1,3H2. The SMILES string of the molecule is C=CCC(F)(F)C(F)(F)C(F)(F)C(F)(F)C(F)(F)C(F)(F)C(F)(F)C(F)(F)C(F)(F)C(F)(F)C(F)(F)C(F)(F)F. The molecule has 0 saturated heterocycles. The van der Waals surface area contributed by atoms with Crippen molar-refractivity contribution in [1.29, 1.82) is 0 Å². The van der Waals surface area contributed by atoms with Crippen LogP contribution in [0.5, 0.6) is 0 Å². The molecule has 0 rings (SSSR count). The summed E-state index contributed by atoms with van der Waals surface area (Å²) in [4.78, 5) is 0. The lowest BCUT2D eigenvalue weighted by atomic mass is 9.84. The van der Waals surface area contributed by atoms with E-state index in [1.165, 1.54) is 0 Å². The van der Waals surface area contributed by atoms with Crippen LogP contribution in [0.15, 0.2) is 12.7 Å². The van der Waals surface area contributed by atoms with Crippen molar-refractivity contribution in [3.63, 3.8) is 0 Å². The molecule has 0 aromatic rings. The van der Waals surface area contributed by atoms with Gasteiger partial charge in [0.25, 0.3) is 0 Å². The van der Waals surface area contributed by atoms with Crippen LogP contribution in [0.3, 0.4) is 0 Å². The van der Waals surface area contributed by atoms with Gasteiger partial charge in [0.2, 0.25) is 0 Å². The minimum absolute atomic E-state index is 0.539. The van der Waals surface area contributed by atoms with E-state index in [0.717, 1.165) is 0 Å². The van der Waals surface area contributed by atoms with Crippen LogP contribution in [0, 0.1) is 0 Å². The van der Waals surface area contributed by atoms with Gasteiger partial charge < -0.3 is 0 Å². The highest BCUT2D eigenvalue weighted by molar-refractivity contribution is 5.19. The van der Waals surface area contributed by atoms with E-state index in [2.05, 4.69) is 6.58 Å². The molecule has 40 heavy (non-hydrogen) atoms. The second kappa shape index (κ2) is 9.24. The molecule has 0 heterocycles. The molecule has 0 nitrogen and oxygen atoms in total. The first-order chi connectivity index (χ1) is 16.8. The number of rotatable bonds is 12. The van der Waals surface area contributed by atoms with Crippen LogP contribution in [-0.4, -0.2) is 71.3 Å². The Bertz CT molecular complexity index is 932. The van der Waals surface area contributed by atoms with Crippen molar-refractivity contribution >= 4 is 0 Å². The molecule has 0 amide bonds. The van der Waals surface area contributed by atoms with Crippen molar-refractivity contribution < 1.29 is 110 Å². The lowest BCUT2D eigenvalue weighted by Crippen LogP contribution is -2.78. The number of hydrogen-bond acceptors (Lipinski definition) is 0. The van der Waals surface area contributed by atoms with Gasteiger partial charge in [0.1, 0.15) is 0 Å². The van der Waals surface area contributed by atoms with Gasteiger partial charge in [0.15, 0.2) is 0 Å². The predicted octanol–water partition coefficient (Wildman–Crippen LogP) is 9.11. The van der Waals surface area contributed by atoms with Crippen molar-refractivity contribution in [2.45, 2.75) is 77.7 Å². The molecule has 0 aromatic carbocycles. The molecule has 0 saturated carbocycles. The number of alkyl halides is 25. The average molecular weight is 660 g/mol. The quantitative estimate of drug-likeness (QED) is 0.145. The van der Waals surface area contributed by atoms with E-state index < -0.39 is 83.8 Å². The number of allylic oxidation sites excluding steroid dienone is 1. The Morgan fingerprint density at radius 3 is 0.650 bits per heavy atom. The first-order valence-corrected chi connectivity index (χ1v) is 8.64. The highest BCUT2D eigenvalue weighted by atomic mass is 19.4. The molecule has 0 unspecified atom stereocenters. The zero-order valence-corrected chi connectivity index (χ0v) is 17.4. The second-order valence-electron chi connectivity index (χ2n) is 7.44. The van der Waals surface area contributed by atoms with E-state index in [1.807, 2.05) is 0 Å². The predicted molar refractivity (Wildman–Crippen MR) is 75.3 cm³/mol. The third-order valence-electron chi connectivity index (χ3n) is 4.77. The van der Waals surface area contributed by atoms with Crippen LogP contribution in [0.4, 0.5) is 110 Å². The van der Waals surface area contributed by atoms with E-state index in [4.69, 9.17) is 0 Å². The Labute approximate surface area is 201 Å². The fourth-order valence-corrected chi connectivity index (χ4v) is 2.29. The summed E-state index contributed by atoms with van der Waals surface area (Å²) in [7, 11) is 0. The molecular weight excluding hydrogens is 655 g/mol. The van der Waals surface area contributed by atoms with Gasteiger partial charge in [-0.25, -0.2) is 0 Å². The van der Waals surface area contributed by atoms with Gasteiger partial charge >= 0.3 is 71.3 Å². The first kappa shape index (κ1) is 38.0. The maximum absolute atomic E-state index is 13.6. The number of hydrogen-bond donors (Lipinski definition) is 0. The molecule has 0 bridgehead atoms. The van der Waals surface area contributed by atoms with Crippen molar-refractivity contribution in [2.24, 2.45) is 0 Å². The van der Waals surface area contributed by atoms with Crippen molar-refractivity contribution in [2.75, 3.05) is 0 Å². The molecule has 0 fully saturated rings. The Morgan fingerprint density at radius 2 is 0.475 bits per heavy atom. The van der Waals surface area contributed by atoms with Gasteiger partial charge in [-0.15, -0.1) is 6.58 Å². The summed E-state index contributed by atoms with van der Waals surface area (Å²) in [6, 6.07) is 0. The fraction of sp³-hybridized carbons (Fsp3) is 0.867. The minimum Gasteiger partial charge on any atom is -0.199 e. The molecule has 0 atom stereocenters.